The SMILES string of the molecule is CC1CCCCC1NCCCCO. The smallest absolute Gasteiger partial charge is 0.0431 e. The van der Waals surface area contributed by atoms with Crippen molar-refractivity contribution in [2.45, 2.75) is 51.5 Å². The molecular weight excluding hydrogens is 162 g/mol. The number of unbranched alkanes of at least 4 members (excludes halogenated alkanes) is 1. The van der Waals surface area contributed by atoms with E-state index in [0.29, 0.717) is 6.61 Å². The largest absolute Gasteiger partial charge is 0.396 e. The van der Waals surface area contributed by atoms with Crippen molar-refractivity contribution in [2.75, 3.05) is 13.2 Å². The van der Waals surface area contributed by atoms with Gasteiger partial charge >= 0.3 is 0 Å². The van der Waals surface area contributed by atoms with Gasteiger partial charge in [0.15, 0.2) is 0 Å². The normalized spacial score (nSPS) is 29.1. The van der Waals surface area contributed by atoms with Crippen LogP contribution in [0.3, 0.4) is 0 Å². The molecule has 2 unspecified atom stereocenters. The summed E-state index contributed by atoms with van der Waals surface area (Å²) >= 11 is 0. The Labute approximate surface area is 81.7 Å². The molecule has 13 heavy (non-hydrogen) atoms. The zero-order valence-electron chi connectivity index (χ0n) is 8.76. The Kier molecular flexibility index (Phi) is 5.40. The van der Waals surface area contributed by atoms with Crippen LogP contribution in [0.5, 0.6) is 0 Å². The maximum Gasteiger partial charge on any atom is 0.0431 e. The Bertz CT molecular complexity index is 127. The molecule has 0 aromatic carbocycles. The van der Waals surface area contributed by atoms with Crippen LogP contribution in [0.2, 0.25) is 0 Å². The Morgan fingerprint density at radius 3 is 2.69 bits per heavy atom. The van der Waals surface area contributed by atoms with E-state index in [4.69, 9.17) is 5.11 Å². The number of rotatable bonds is 5. The highest BCUT2D eigenvalue weighted by atomic mass is 16.2. The van der Waals surface area contributed by atoms with Crippen LogP contribution in [-0.2, 0) is 0 Å². The summed E-state index contributed by atoms with van der Waals surface area (Å²) in [5, 5.41) is 12.2. The summed E-state index contributed by atoms with van der Waals surface area (Å²) in [7, 11) is 0. The van der Waals surface area contributed by atoms with Crippen LogP contribution in [-0.4, -0.2) is 24.3 Å². The molecule has 0 heterocycles. The van der Waals surface area contributed by atoms with Crippen LogP contribution >= 0.6 is 0 Å². The van der Waals surface area contributed by atoms with Crippen molar-refractivity contribution in [3.05, 3.63) is 0 Å². The number of aliphatic hydroxyl groups excluding tert-OH is 1. The molecular formula is C11H23NO. The minimum Gasteiger partial charge on any atom is -0.396 e. The summed E-state index contributed by atoms with van der Waals surface area (Å²) in [6, 6.07) is 0.743. The fraction of sp³-hybridized carbons (Fsp3) is 1.00. The topological polar surface area (TPSA) is 32.3 Å². The maximum absolute atomic E-state index is 8.63. The molecule has 2 nitrogen and oxygen atoms in total. The fourth-order valence-corrected chi connectivity index (χ4v) is 2.14. The van der Waals surface area contributed by atoms with E-state index >= 15 is 0 Å². The van der Waals surface area contributed by atoms with Gasteiger partial charge in [-0.25, -0.2) is 0 Å². The first-order valence-electron chi connectivity index (χ1n) is 5.69. The highest BCUT2D eigenvalue weighted by Crippen LogP contribution is 2.23. The lowest BCUT2D eigenvalue weighted by atomic mass is 9.86. The first kappa shape index (κ1) is 11.0. The van der Waals surface area contributed by atoms with E-state index in [2.05, 4.69) is 12.2 Å². The summed E-state index contributed by atoms with van der Waals surface area (Å²) in [6.45, 7) is 3.76. The molecule has 2 atom stereocenters. The van der Waals surface area contributed by atoms with Crippen molar-refractivity contribution in [3.8, 4) is 0 Å². The minimum atomic E-state index is 0.335. The van der Waals surface area contributed by atoms with Crippen LogP contribution in [0.1, 0.15) is 45.4 Å². The predicted molar refractivity (Wildman–Crippen MR) is 55.7 cm³/mol. The van der Waals surface area contributed by atoms with Gasteiger partial charge in [0.1, 0.15) is 0 Å². The molecule has 0 spiro atoms. The van der Waals surface area contributed by atoms with E-state index < -0.39 is 0 Å². The molecule has 0 aromatic rings. The van der Waals surface area contributed by atoms with Gasteiger partial charge in [0, 0.05) is 12.6 Å². The van der Waals surface area contributed by atoms with E-state index in [-0.39, 0.29) is 0 Å². The van der Waals surface area contributed by atoms with Gasteiger partial charge in [-0.05, 0) is 38.1 Å². The van der Waals surface area contributed by atoms with Gasteiger partial charge in [0.25, 0.3) is 0 Å². The fourth-order valence-electron chi connectivity index (χ4n) is 2.14. The molecule has 78 valence electrons. The molecule has 1 fully saturated rings. The molecule has 1 rings (SSSR count). The summed E-state index contributed by atoms with van der Waals surface area (Å²) in [4.78, 5) is 0. The van der Waals surface area contributed by atoms with Gasteiger partial charge in [-0.1, -0.05) is 19.8 Å². The number of aliphatic hydroxyl groups is 1. The number of nitrogens with one attached hydrogen (secondary N) is 1. The second kappa shape index (κ2) is 6.39. The third-order valence-corrected chi connectivity index (χ3v) is 3.10. The summed E-state index contributed by atoms with van der Waals surface area (Å²) in [5.41, 5.74) is 0. The Hall–Kier alpha value is -0.0800. The highest BCUT2D eigenvalue weighted by molar-refractivity contribution is 4.77. The Morgan fingerprint density at radius 1 is 1.23 bits per heavy atom. The minimum absolute atomic E-state index is 0.335. The molecule has 0 saturated heterocycles. The van der Waals surface area contributed by atoms with Crippen LogP contribution in [0.4, 0.5) is 0 Å². The van der Waals surface area contributed by atoms with Crippen LogP contribution in [0.15, 0.2) is 0 Å². The molecule has 1 aliphatic rings. The van der Waals surface area contributed by atoms with Gasteiger partial charge < -0.3 is 10.4 Å². The lowest BCUT2D eigenvalue weighted by molar-refractivity contribution is 0.263. The zero-order chi connectivity index (χ0) is 9.52. The molecule has 2 N–H and O–H groups in total. The van der Waals surface area contributed by atoms with Gasteiger partial charge in [0.05, 0.1) is 0 Å². The van der Waals surface area contributed by atoms with Gasteiger partial charge in [-0.2, -0.15) is 0 Å². The molecule has 2 heteroatoms. The third kappa shape index (κ3) is 4.10. The molecule has 1 aliphatic carbocycles. The highest BCUT2D eigenvalue weighted by Gasteiger charge is 2.19. The summed E-state index contributed by atoms with van der Waals surface area (Å²) in [5.74, 6) is 0.850. The molecule has 0 aromatic heterocycles. The summed E-state index contributed by atoms with van der Waals surface area (Å²) in [6.07, 6.45) is 7.59. The first-order chi connectivity index (χ1) is 6.34. The zero-order valence-corrected chi connectivity index (χ0v) is 8.76. The van der Waals surface area contributed by atoms with Gasteiger partial charge in [-0.3, -0.25) is 0 Å². The molecule has 0 aliphatic heterocycles. The van der Waals surface area contributed by atoms with E-state index in [1.807, 2.05) is 0 Å². The second-order valence-corrected chi connectivity index (χ2v) is 4.25. The lowest BCUT2D eigenvalue weighted by Crippen LogP contribution is -2.37. The van der Waals surface area contributed by atoms with Crippen LogP contribution in [0.25, 0.3) is 0 Å². The second-order valence-electron chi connectivity index (χ2n) is 4.25. The van der Waals surface area contributed by atoms with Crippen molar-refractivity contribution < 1.29 is 5.11 Å². The van der Waals surface area contributed by atoms with Crippen LogP contribution < -0.4 is 5.32 Å². The number of hydrogen-bond acceptors (Lipinski definition) is 2. The summed E-state index contributed by atoms with van der Waals surface area (Å²) < 4.78 is 0. The molecule has 0 bridgehead atoms. The first-order valence-corrected chi connectivity index (χ1v) is 5.69. The van der Waals surface area contributed by atoms with E-state index in [0.717, 1.165) is 31.3 Å². The van der Waals surface area contributed by atoms with Gasteiger partial charge in [-0.15, -0.1) is 0 Å². The molecule has 0 amide bonds. The van der Waals surface area contributed by atoms with Crippen molar-refractivity contribution in [3.63, 3.8) is 0 Å². The standard InChI is InChI=1S/C11H23NO/c1-10-6-2-3-7-11(10)12-8-4-5-9-13/h10-13H,2-9H2,1H3. The van der Waals surface area contributed by atoms with E-state index in [1.165, 1.54) is 25.7 Å². The Balaban J connectivity index is 2.05. The number of hydrogen-bond donors (Lipinski definition) is 2. The predicted octanol–water partition coefficient (Wildman–Crippen LogP) is 1.93. The average molecular weight is 185 g/mol. The van der Waals surface area contributed by atoms with Crippen molar-refractivity contribution >= 4 is 0 Å². The van der Waals surface area contributed by atoms with E-state index in [1.54, 1.807) is 0 Å². The van der Waals surface area contributed by atoms with E-state index in [9.17, 15) is 0 Å². The van der Waals surface area contributed by atoms with Crippen molar-refractivity contribution in [1.29, 1.82) is 0 Å². The third-order valence-electron chi connectivity index (χ3n) is 3.10. The van der Waals surface area contributed by atoms with Gasteiger partial charge in [0.2, 0.25) is 0 Å². The maximum atomic E-state index is 8.63. The quantitative estimate of drug-likeness (QED) is 0.641. The van der Waals surface area contributed by atoms with Crippen molar-refractivity contribution in [1.82, 2.24) is 5.32 Å². The van der Waals surface area contributed by atoms with Crippen LogP contribution in [0, 0.1) is 5.92 Å². The molecule has 1 saturated carbocycles. The lowest BCUT2D eigenvalue weighted by Gasteiger charge is -2.29. The Morgan fingerprint density at radius 2 is 2.00 bits per heavy atom. The molecule has 0 radical (unpaired) electrons. The average Bonchev–Trinajstić information content (AvgIpc) is 2.15. The monoisotopic (exact) mass is 185 g/mol. The van der Waals surface area contributed by atoms with Crippen molar-refractivity contribution in [2.24, 2.45) is 5.92 Å².